The van der Waals surface area contributed by atoms with E-state index >= 15 is 0 Å². The van der Waals surface area contributed by atoms with Gasteiger partial charge in [0.25, 0.3) is 0 Å². The summed E-state index contributed by atoms with van der Waals surface area (Å²) in [5.74, 6) is 1.15. The molecule has 1 heterocycles. The number of hydrogen-bond donors (Lipinski definition) is 2. The Morgan fingerprint density at radius 1 is 1.10 bits per heavy atom. The van der Waals surface area contributed by atoms with Gasteiger partial charge in [-0.2, -0.15) is 0 Å². The Morgan fingerprint density at radius 2 is 1.90 bits per heavy atom. The highest BCUT2D eigenvalue weighted by molar-refractivity contribution is 7.99. The molecular weight excluding hydrogens is 420 g/mol. The highest BCUT2D eigenvalue weighted by Crippen LogP contribution is 2.32. The van der Waals surface area contributed by atoms with E-state index in [1.165, 1.54) is 18.9 Å². The number of ether oxygens (including phenoxy) is 3. The summed E-state index contributed by atoms with van der Waals surface area (Å²) in [6.07, 6.45) is 0. The maximum atomic E-state index is 12.4. The summed E-state index contributed by atoms with van der Waals surface area (Å²) in [6, 6.07) is 10.3. The molecule has 1 amide bonds. The van der Waals surface area contributed by atoms with Crippen molar-refractivity contribution in [2.75, 3.05) is 32.4 Å². The molecule has 0 atom stereocenters. The monoisotopic (exact) mass is 442 g/mol. The molecule has 0 unspecified atom stereocenters. The van der Waals surface area contributed by atoms with Crippen molar-refractivity contribution in [3.63, 3.8) is 0 Å². The van der Waals surface area contributed by atoms with Crippen LogP contribution >= 0.6 is 11.8 Å². The number of carbonyl (C=O) groups is 2. The average molecular weight is 442 g/mol. The number of aromatic amines is 1. The van der Waals surface area contributed by atoms with Crippen molar-refractivity contribution in [1.82, 2.24) is 15.2 Å². The van der Waals surface area contributed by atoms with Crippen LogP contribution in [0.15, 0.2) is 41.6 Å². The standard InChI is InChI=1S/C21H22N4O5S/c1-12-5-6-13(20(27)30-4)9-16(12)22-18(26)11-31-21-23-19(24-25-21)15-8-7-14(28-2)10-17(15)29-3/h5-10H,11H2,1-4H3,(H,22,26)(H,23,24,25). The fourth-order valence-corrected chi connectivity index (χ4v) is 3.34. The van der Waals surface area contributed by atoms with Gasteiger partial charge in [-0.15, -0.1) is 5.10 Å². The first-order valence-electron chi connectivity index (χ1n) is 9.21. The quantitative estimate of drug-likeness (QED) is 0.403. The Kier molecular flexibility index (Phi) is 7.14. The molecule has 0 saturated heterocycles. The van der Waals surface area contributed by atoms with Crippen molar-refractivity contribution < 1.29 is 23.8 Å². The number of esters is 1. The molecule has 1 aromatic heterocycles. The lowest BCUT2D eigenvalue weighted by atomic mass is 10.1. The molecule has 0 fully saturated rings. The van der Waals surface area contributed by atoms with Gasteiger partial charge in [-0.3, -0.25) is 9.89 Å². The molecule has 2 N–H and O–H groups in total. The molecule has 10 heteroatoms. The van der Waals surface area contributed by atoms with Crippen LogP contribution in [0, 0.1) is 6.92 Å². The number of nitrogens with one attached hydrogen (secondary N) is 2. The van der Waals surface area contributed by atoms with E-state index in [1.54, 1.807) is 44.6 Å². The van der Waals surface area contributed by atoms with Gasteiger partial charge in [0.2, 0.25) is 11.1 Å². The van der Waals surface area contributed by atoms with Gasteiger partial charge in [-0.05, 0) is 36.8 Å². The summed E-state index contributed by atoms with van der Waals surface area (Å²) in [7, 11) is 4.45. The van der Waals surface area contributed by atoms with Gasteiger partial charge in [-0.1, -0.05) is 17.8 Å². The Morgan fingerprint density at radius 3 is 2.61 bits per heavy atom. The van der Waals surface area contributed by atoms with Crippen LogP contribution in [0.25, 0.3) is 11.4 Å². The molecule has 162 valence electrons. The Balaban J connectivity index is 1.65. The molecule has 2 aromatic carbocycles. The minimum absolute atomic E-state index is 0.0962. The first kappa shape index (κ1) is 22.2. The van der Waals surface area contributed by atoms with Crippen molar-refractivity contribution in [3.8, 4) is 22.9 Å². The minimum atomic E-state index is -0.466. The number of methoxy groups -OCH3 is 3. The molecule has 0 aliphatic heterocycles. The van der Waals surface area contributed by atoms with Crippen LogP contribution in [0.1, 0.15) is 15.9 Å². The van der Waals surface area contributed by atoms with E-state index in [9.17, 15) is 9.59 Å². The SMILES string of the molecule is COC(=O)c1ccc(C)c(NC(=O)CSc2n[nH]c(-c3ccc(OC)cc3OC)n2)c1. The topological polar surface area (TPSA) is 115 Å². The third kappa shape index (κ3) is 5.34. The van der Waals surface area contributed by atoms with Crippen LogP contribution < -0.4 is 14.8 Å². The average Bonchev–Trinajstić information content (AvgIpc) is 3.27. The first-order valence-corrected chi connectivity index (χ1v) is 10.2. The second-order valence-corrected chi connectivity index (χ2v) is 7.33. The summed E-state index contributed by atoms with van der Waals surface area (Å²) in [4.78, 5) is 28.5. The molecule has 0 radical (unpaired) electrons. The van der Waals surface area contributed by atoms with Crippen LogP contribution in [0.5, 0.6) is 11.5 Å². The summed E-state index contributed by atoms with van der Waals surface area (Å²) in [6.45, 7) is 1.84. The zero-order valence-electron chi connectivity index (χ0n) is 17.5. The van der Waals surface area contributed by atoms with Crippen molar-refractivity contribution in [2.24, 2.45) is 0 Å². The van der Waals surface area contributed by atoms with Crippen LogP contribution in [0.3, 0.4) is 0 Å². The smallest absolute Gasteiger partial charge is 0.337 e. The van der Waals surface area contributed by atoms with E-state index in [4.69, 9.17) is 14.2 Å². The van der Waals surface area contributed by atoms with Gasteiger partial charge in [0.1, 0.15) is 11.5 Å². The lowest BCUT2D eigenvalue weighted by molar-refractivity contribution is -0.113. The molecule has 31 heavy (non-hydrogen) atoms. The van der Waals surface area contributed by atoms with Crippen LogP contribution in [-0.2, 0) is 9.53 Å². The van der Waals surface area contributed by atoms with Crippen molar-refractivity contribution >= 4 is 29.3 Å². The Labute approximate surface area is 183 Å². The number of aryl methyl sites for hydroxylation is 1. The molecular formula is C21H22N4O5S. The number of carbonyl (C=O) groups excluding carboxylic acids is 2. The van der Waals surface area contributed by atoms with Crippen molar-refractivity contribution in [3.05, 3.63) is 47.5 Å². The fraction of sp³-hybridized carbons (Fsp3) is 0.238. The lowest BCUT2D eigenvalue weighted by Gasteiger charge is -2.09. The van der Waals surface area contributed by atoms with Crippen molar-refractivity contribution in [1.29, 1.82) is 0 Å². The zero-order valence-corrected chi connectivity index (χ0v) is 18.3. The first-order chi connectivity index (χ1) is 14.9. The van der Waals surface area contributed by atoms with Gasteiger partial charge < -0.3 is 19.5 Å². The normalized spacial score (nSPS) is 10.5. The Bertz CT molecular complexity index is 1100. The summed E-state index contributed by atoms with van der Waals surface area (Å²) in [5, 5.41) is 10.2. The second-order valence-electron chi connectivity index (χ2n) is 6.39. The van der Waals surface area contributed by atoms with E-state index < -0.39 is 5.97 Å². The number of amides is 1. The molecule has 3 aromatic rings. The third-order valence-electron chi connectivity index (χ3n) is 4.39. The number of rotatable bonds is 8. The van der Waals surface area contributed by atoms with E-state index in [0.717, 1.165) is 11.1 Å². The van der Waals surface area contributed by atoms with E-state index in [2.05, 4.69) is 20.5 Å². The van der Waals surface area contributed by atoms with Crippen LogP contribution in [0.4, 0.5) is 5.69 Å². The Hall–Kier alpha value is -3.53. The van der Waals surface area contributed by atoms with E-state index in [0.29, 0.717) is 33.7 Å². The molecule has 0 aliphatic carbocycles. The molecule has 0 saturated carbocycles. The number of H-pyrrole nitrogens is 1. The zero-order chi connectivity index (χ0) is 22.4. The molecule has 3 rings (SSSR count). The molecule has 0 spiro atoms. The van der Waals surface area contributed by atoms with Gasteiger partial charge in [-0.25, -0.2) is 9.78 Å². The number of aromatic nitrogens is 3. The summed E-state index contributed by atoms with van der Waals surface area (Å²) >= 11 is 1.18. The van der Waals surface area contributed by atoms with E-state index in [1.807, 2.05) is 13.0 Å². The predicted molar refractivity (Wildman–Crippen MR) is 117 cm³/mol. The molecule has 0 aliphatic rings. The van der Waals surface area contributed by atoms with E-state index in [-0.39, 0.29) is 11.7 Å². The van der Waals surface area contributed by atoms with Gasteiger partial charge in [0.05, 0.1) is 38.2 Å². The fourth-order valence-electron chi connectivity index (χ4n) is 2.74. The predicted octanol–water partition coefficient (Wildman–Crippen LogP) is 3.31. The molecule has 0 bridgehead atoms. The maximum absolute atomic E-state index is 12.4. The van der Waals surface area contributed by atoms with Gasteiger partial charge in [0, 0.05) is 11.8 Å². The van der Waals surface area contributed by atoms with Crippen LogP contribution in [0.2, 0.25) is 0 Å². The van der Waals surface area contributed by atoms with Crippen molar-refractivity contribution in [2.45, 2.75) is 12.1 Å². The van der Waals surface area contributed by atoms with Crippen LogP contribution in [-0.4, -0.2) is 54.1 Å². The third-order valence-corrected chi connectivity index (χ3v) is 5.24. The van der Waals surface area contributed by atoms with Gasteiger partial charge >= 0.3 is 5.97 Å². The molecule has 9 nitrogen and oxygen atoms in total. The number of hydrogen-bond acceptors (Lipinski definition) is 8. The second kappa shape index (κ2) is 9.98. The summed E-state index contributed by atoms with van der Waals surface area (Å²) < 4.78 is 15.3. The lowest BCUT2D eigenvalue weighted by Crippen LogP contribution is -2.15. The number of benzene rings is 2. The highest BCUT2D eigenvalue weighted by atomic mass is 32.2. The number of anilines is 1. The highest BCUT2D eigenvalue weighted by Gasteiger charge is 2.15. The largest absolute Gasteiger partial charge is 0.497 e. The number of thioether (sulfide) groups is 1. The maximum Gasteiger partial charge on any atom is 0.337 e. The van der Waals surface area contributed by atoms with Gasteiger partial charge in [0.15, 0.2) is 5.82 Å². The summed E-state index contributed by atoms with van der Waals surface area (Å²) in [5.41, 5.74) is 2.47. The number of nitrogens with zero attached hydrogens (tertiary/aromatic N) is 2. The minimum Gasteiger partial charge on any atom is -0.497 e.